The molecule has 9 heavy (non-hydrogen) atoms. The zero-order valence-corrected chi connectivity index (χ0v) is 5.55. The molecule has 52 valence electrons. The van der Waals surface area contributed by atoms with Crippen molar-refractivity contribution < 1.29 is 14.6 Å². The lowest BCUT2D eigenvalue weighted by Gasteiger charge is -1.94. The van der Waals surface area contributed by atoms with E-state index in [0.717, 1.165) is 6.08 Å². The number of hydrogen-bond acceptors (Lipinski definition) is 2. The summed E-state index contributed by atoms with van der Waals surface area (Å²) in [6.45, 7) is 2.09. The van der Waals surface area contributed by atoms with Crippen molar-refractivity contribution in [1.82, 2.24) is 0 Å². The van der Waals surface area contributed by atoms with Gasteiger partial charge in [0.15, 0.2) is 0 Å². The van der Waals surface area contributed by atoms with Gasteiger partial charge in [-0.05, 0) is 12.5 Å². The first kappa shape index (κ1) is 8.17. The quantitative estimate of drug-likeness (QED) is 0.571. The highest BCUT2D eigenvalue weighted by Gasteiger charge is 1.91. The van der Waals surface area contributed by atoms with Crippen molar-refractivity contribution in [3.8, 4) is 0 Å². The van der Waals surface area contributed by atoms with Crippen molar-refractivity contribution in [2.75, 3.05) is 13.7 Å². The van der Waals surface area contributed by atoms with Gasteiger partial charge in [-0.3, -0.25) is 0 Å². The van der Waals surface area contributed by atoms with Gasteiger partial charge in [-0.15, -0.1) is 0 Å². The molecule has 0 saturated carbocycles. The SMILES string of the molecule is COC/C(C)=C/C(=O)O. The van der Waals surface area contributed by atoms with Gasteiger partial charge in [0.25, 0.3) is 0 Å². The normalized spacial score (nSPS) is 11.6. The molecule has 0 bridgehead atoms. The summed E-state index contributed by atoms with van der Waals surface area (Å²) in [6, 6.07) is 0. The topological polar surface area (TPSA) is 46.5 Å². The van der Waals surface area contributed by atoms with Crippen LogP contribution in [0.1, 0.15) is 6.92 Å². The van der Waals surface area contributed by atoms with Crippen molar-refractivity contribution in [1.29, 1.82) is 0 Å². The third-order valence-corrected chi connectivity index (χ3v) is 0.742. The number of methoxy groups -OCH3 is 1. The second-order valence-corrected chi connectivity index (χ2v) is 1.76. The van der Waals surface area contributed by atoms with E-state index in [9.17, 15) is 4.79 Å². The smallest absolute Gasteiger partial charge is 0.328 e. The fourth-order valence-corrected chi connectivity index (χ4v) is 0.480. The number of carboxylic acids is 1. The Morgan fingerprint density at radius 1 is 1.78 bits per heavy atom. The van der Waals surface area contributed by atoms with Gasteiger partial charge in [0, 0.05) is 13.2 Å². The highest BCUT2D eigenvalue weighted by molar-refractivity contribution is 5.80. The van der Waals surface area contributed by atoms with Crippen LogP contribution in [-0.4, -0.2) is 24.8 Å². The van der Waals surface area contributed by atoms with E-state index >= 15 is 0 Å². The molecule has 0 aromatic heterocycles. The number of carboxylic acid groups (broad SMARTS) is 1. The summed E-state index contributed by atoms with van der Waals surface area (Å²) in [5.74, 6) is -0.926. The number of ether oxygens (including phenoxy) is 1. The standard InChI is InChI=1S/C6H10O3/c1-5(4-9-2)3-6(7)8/h3H,4H2,1-2H3,(H,7,8)/b5-3+. The maximum atomic E-state index is 9.95. The Morgan fingerprint density at radius 2 is 2.33 bits per heavy atom. The maximum absolute atomic E-state index is 9.95. The number of rotatable bonds is 3. The van der Waals surface area contributed by atoms with E-state index in [2.05, 4.69) is 4.74 Å². The molecule has 0 saturated heterocycles. The average Bonchev–Trinajstić information content (AvgIpc) is 1.63. The van der Waals surface area contributed by atoms with Crippen LogP contribution < -0.4 is 0 Å². The minimum absolute atomic E-state index is 0.381. The lowest BCUT2D eigenvalue weighted by molar-refractivity contribution is -0.131. The van der Waals surface area contributed by atoms with Gasteiger partial charge in [-0.1, -0.05) is 0 Å². The molecule has 0 spiro atoms. The molecule has 0 amide bonds. The van der Waals surface area contributed by atoms with Crippen molar-refractivity contribution in [3.05, 3.63) is 11.6 Å². The summed E-state index contributed by atoms with van der Waals surface area (Å²) in [5, 5.41) is 8.18. The van der Waals surface area contributed by atoms with Crippen molar-refractivity contribution in [3.63, 3.8) is 0 Å². The van der Waals surface area contributed by atoms with Crippen LogP contribution in [-0.2, 0) is 9.53 Å². The first-order chi connectivity index (χ1) is 4.16. The monoisotopic (exact) mass is 130 g/mol. The van der Waals surface area contributed by atoms with Crippen LogP contribution in [0, 0.1) is 0 Å². The summed E-state index contributed by atoms with van der Waals surface area (Å²) in [4.78, 5) is 9.95. The highest BCUT2D eigenvalue weighted by Crippen LogP contribution is 1.90. The zero-order chi connectivity index (χ0) is 7.28. The summed E-state index contributed by atoms with van der Waals surface area (Å²) in [6.07, 6.45) is 1.13. The average molecular weight is 130 g/mol. The zero-order valence-electron chi connectivity index (χ0n) is 5.55. The Bertz CT molecular complexity index is 126. The maximum Gasteiger partial charge on any atom is 0.328 e. The predicted molar refractivity (Wildman–Crippen MR) is 33.3 cm³/mol. The summed E-state index contributed by atoms with van der Waals surface area (Å²) < 4.78 is 4.67. The van der Waals surface area contributed by atoms with Crippen LogP contribution in [0.2, 0.25) is 0 Å². The third kappa shape index (κ3) is 5.03. The largest absolute Gasteiger partial charge is 0.478 e. The highest BCUT2D eigenvalue weighted by atomic mass is 16.5. The Hall–Kier alpha value is -0.830. The van der Waals surface area contributed by atoms with Crippen LogP contribution in [0.4, 0.5) is 0 Å². The molecule has 0 heterocycles. The van der Waals surface area contributed by atoms with Crippen LogP contribution >= 0.6 is 0 Å². The summed E-state index contributed by atoms with van der Waals surface area (Å²) in [5.41, 5.74) is 0.713. The molecule has 3 nitrogen and oxygen atoms in total. The molecule has 0 radical (unpaired) electrons. The Kier molecular flexibility index (Phi) is 3.71. The van der Waals surface area contributed by atoms with E-state index in [1.807, 2.05) is 0 Å². The van der Waals surface area contributed by atoms with Gasteiger partial charge in [0.05, 0.1) is 6.61 Å². The Balaban J connectivity index is 3.69. The van der Waals surface area contributed by atoms with E-state index in [-0.39, 0.29) is 0 Å². The molecule has 0 aliphatic heterocycles. The van der Waals surface area contributed by atoms with E-state index in [4.69, 9.17) is 5.11 Å². The summed E-state index contributed by atoms with van der Waals surface area (Å²) in [7, 11) is 1.53. The number of aliphatic carboxylic acids is 1. The molecule has 0 aliphatic carbocycles. The number of hydrogen-bond donors (Lipinski definition) is 1. The van der Waals surface area contributed by atoms with Gasteiger partial charge in [0.2, 0.25) is 0 Å². The second kappa shape index (κ2) is 4.09. The van der Waals surface area contributed by atoms with Gasteiger partial charge in [0.1, 0.15) is 0 Å². The van der Waals surface area contributed by atoms with Gasteiger partial charge >= 0.3 is 5.97 Å². The van der Waals surface area contributed by atoms with E-state index in [1.165, 1.54) is 7.11 Å². The van der Waals surface area contributed by atoms with Gasteiger partial charge in [-0.25, -0.2) is 4.79 Å². The molecule has 0 atom stereocenters. The molecule has 3 heteroatoms. The van der Waals surface area contributed by atoms with Crippen molar-refractivity contribution in [2.24, 2.45) is 0 Å². The fourth-order valence-electron chi connectivity index (χ4n) is 0.480. The molecule has 0 aromatic rings. The van der Waals surface area contributed by atoms with Crippen LogP contribution in [0.15, 0.2) is 11.6 Å². The fraction of sp³-hybridized carbons (Fsp3) is 0.500. The minimum Gasteiger partial charge on any atom is -0.478 e. The molecule has 0 rings (SSSR count). The molecule has 0 unspecified atom stereocenters. The van der Waals surface area contributed by atoms with Crippen LogP contribution in [0.25, 0.3) is 0 Å². The van der Waals surface area contributed by atoms with Crippen LogP contribution in [0.5, 0.6) is 0 Å². The van der Waals surface area contributed by atoms with Gasteiger partial charge in [-0.2, -0.15) is 0 Å². The van der Waals surface area contributed by atoms with Crippen molar-refractivity contribution in [2.45, 2.75) is 6.92 Å². The summed E-state index contributed by atoms with van der Waals surface area (Å²) >= 11 is 0. The molecule has 1 N–H and O–H groups in total. The molecular weight excluding hydrogens is 120 g/mol. The minimum atomic E-state index is -0.926. The molecule has 0 aromatic carbocycles. The van der Waals surface area contributed by atoms with E-state index in [0.29, 0.717) is 12.2 Å². The van der Waals surface area contributed by atoms with E-state index in [1.54, 1.807) is 6.92 Å². The molecular formula is C6H10O3. The third-order valence-electron chi connectivity index (χ3n) is 0.742. The predicted octanol–water partition coefficient (Wildman–Crippen LogP) is 0.664. The van der Waals surface area contributed by atoms with Gasteiger partial charge < -0.3 is 9.84 Å². The van der Waals surface area contributed by atoms with Crippen LogP contribution in [0.3, 0.4) is 0 Å². The lowest BCUT2D eigenvalue weighted by Crippen LogP contribution is -1.95. The first-order valence-electron chi connectivity index (χ1n) is 2.56. The lowest BCUT2D eigenvalue weighted by atomic mass is 10.3. The molecule has 0 aliphatic rings. The van der Waals surface area contributed by atoms with Crippen molar-refractivity contribution >= 4 is 5.97 Å². The first-order valence-corrected chi connectivity index (χ1v) is 2.56. The Morgan fingerprint density at radius 3 is 2.67 bits per heavy atom. The number of carbonyl (C=O) groups is 1. The Labute approximate surface area is 53.9 Å². The van der Waals surface area contributed by atoms with E-state index < -0.39 is 5.97 Å². The molecule has 0 fully saturated rings. The second-order valence-electron chi connectivity index (χ2n) is 1.76.